The second-order valence-electron chi connectivity index (χ2n) is 9.69. The van der Waals surface area contributed by atoms with Crippen LogP contribution in [0, 0.1) is 28.4 Å². The Kier molecular flexibility index (Phi) is 8.30. The van der Waals surface area contributed by atoms with E-state index in [9.17, 15) is 19.2 Å². The number of nitriles is 1. The lowest BCUT2D eigenvalue weighted by atomic mass is 9.96. The number of carbonyl (C=O) groups excluding carboxylic acids is 2. The fraction of sp³-hybridized carbons (Fsp3) is 0.0938. The first-order valence-corrected chi connectivity index (χ1v) is 13.3. The maximum atomic E-state index is 15.3. The first-order valence-electron chi connectivity index (χ1n) is 13.3. The van der Waals surface area contributed by atoms with Crippen LogP contribution in [0.3, 0.4) is 0 Å². The van der Waals surface area contributed by atoms with E-state index < -0.39 is 17.5 Å². The van der Waals surface area contributed by atoms with Gasteiger partial charge in [0.25, 0.3) is 5.91 Å². The molecule has 1 aliphatic rings. The number of nitrogens with zero attached hydrogens (tertiary/aromatic N) is 4. The Labute approximate surface area is 250 Å². The molecule has 5 rings (SSSR count). The highest BCUT2D eigenvalue weighted by Crippen LogP contribution is 2.41. The topological polar surface area (TPSA) is 150 Å². The second-order valence-corrected chi connectivity index (χ2v) is 9.69. The van der Waals surface area contributed by atoms with Crippen molar-refractivity contribution in [1.82, 2.24) is 9.78 Å². The van der Waals surface area contributed by atoms with Gasteiger partial charge in [0.2, 0.25) is 0 Å². The van der Waals surface area contributed by atoms with E-state index in [0.29, 0.717) is 41.8 Å². The molecule has 0 fully saturated rings. The number of aryl methyl sites for hydroxylation is 2. The molecule has 4 aromatic rings. The van der Waals surface area contributed by atoms with Gasteiger partial charge in [-0.15, -0.1) is 0 Å². The van der Waals surface area contributed by atoms with Crippen LogP contribution in [0.15, 0.2) is 84.3 Å². The summed E-state index contributed by atoms with van der Waals surface area (Å²) < 4.78 is 36.3. The number of nitrogens with one attached hydrogen (secondary N) is 2. The minimum Gasteiger partial charge on any atom is -0.454 e. The molecule has 0 aliphatic carbocycles. The fourth-order valence-electron chi connectivity index (χ4n) is 4.90. The van der Waals surface area contributed by atoms with Crippen LogP contribution in [0.25, 0.3) is 16.5 Å². The molecular formula is C32H25F2N7O3. The lowest BCUT2D eigenvalue weighted by Gasteiger charge is -2.17. The van der Waals surface area contributed by atoms with Crippen molar-refractivity contribution in [2.75, 3.05) is 17.3 Å². The zero-order valence-corrected chi connectivity index (χ0v) is 23.3. The number of hydrogen-bond acceptors (Lipinski definition) is 8. The molecule has 220 valence electrons. The average molecular weight is 594 g/mol. The Balaban J connectivity index is 1.36. The second kappa shape index (κ2) is 12.4. The third kappa shape index (κ3) is 5.66. The first-order chi connectivity index (χ1) is 21.3. The lowest BCUT2D eigenvalue weighted by molar-refractivity contribution is -0.115. The molecule has 2 heterocycles. The highest BCUT2D eigenvalue weighted by Gasteiger charge is 2.25. The fourth-order valence-corrected chi connectivity index (χ4v) is 4.90. The van der Waals surface area contributed by atoms with Gasteiger partial charge < -0.3 is 26.1 Å². The molecule has 0 spiro atoms. The number of amides is 1. The third-order valence-electron chi connectivity index (χ3n) is 7.10. The van der Waals surface area contributed by atoms with Crippen molar-refractivity contribution in [2.45, 2.75) is 13.0 Å². The summed E-state index contributed by atoms with van der Waals surface area (Å²) >= 11 is 0. The smallest absolute Gasteiger partial charge is 0.258 e. The number of aromatic nitrogens is 2. The van der Waals surface area contributed by atoms with Gasteiger partial charge in [-0.1, -0.05) is 0 Å². The standard InChI is InChI=1S/C32H25F2N7O3/c1-40(24-7-3-22(33)4-8-24)25(16-37)6-2-19(18-42)32(43)39-23-5-9-28(27(34)13-23)44-29-12-20-17-38-41-11-10-26(31(20)41)30(29)21(14-35)15-36/h2-9,12-15,17-18,35H,10-11,36H2,1H3,(H,39,43)/b19-2+,21-15+,25-6-,35-14?. The van der Waals surface area contributed by atoms with E-state index in [1.807, 2.05) is 10.8 Å². The van der Waals surface area contributed by atoms with Crippen LogP contribution in [-0.4, -0.2) is 35.2 Å². The number of benzene rings is 3. The highest BCUT2D eigenvalue weighted by molar-refractivity contribution is 6.16. The van der Waals surface area contributed by atoms with E-state index in [4.69, 9.17) is 15.9 Å². The summed E-state index contributed by atoms with van der Waals surface area (Å²) in [6.45, 7) is 0.656. The number of hydrogen-bond donors (Lipinski definition) is 3. The maximum absolute atomic E-state index is 15.3. The van der Waals surface area contributed by atoms with Crippen LogP contribution in [0.2, 0.25) is 0 Å². The van der Waals surface area contributed by atoms with Crippen molar-refractivity contribution in [3.8, 4) is 17.6 Å². The quantitative estimate of drug-likeness (QED) is 0.0434. The summed E-state index contributed by atoms with van der Waals surface area (Å²) in [5.41, 5.74) is 8.89. The van der Waals surface area contributed by atoms with E-state index in [1.54, 1.807) is 19.3 Å². The van der Waals surface area contributed by atoms with Crippen molar-refractivity contribution < 1.29 is 23.1 Å². The molecule has 12 heteroatoms. The van der Waals surface area contributed by atoms with E-state index in [-0.39, 0.29) is 22.7 Å². The van der Waals surface area contributed by atoms with E-state index in [2.05, 4.69) is 10.4 Å². The highest BCUT2D eigenvalue weighted by atomic mass is 19.1. The summed E-state index contributed by atoms with van der Waals surface area (Å²) in [4.78, 5) is 25.9. The molecule has 0 atom stereocenters. The van der Waals surface area contributed by atoms with Crippen LogP contribution in [-0.2, 0) is 22.6 Å². The number of ether oxygens (including phenoxy) is 1. The monoisotopic (exact) mass is 593 g/mol. The van der Waals surface area contributed by atoms with Gasteiger partial charge >= 0.3 is 0 Å². The minimum absolute atomic E-state index is 0.0538. The molecule has 44 heavy (non-hydrogen) atoms. The predicted molar refractivity (Wildman–Crippen MR) is 162 cm³/mol. The molecule has 3 aromatic carbocycles. The SMILES string of the molecule is CN(/C(C#N)=C\C=C(/C=O)C(=O)Nc1ccc(Oc2cc3cnn4c3c(c2/C(C=N)=C/N)CC4)c(F)c1)c1ccc(F)cc1. The van der Waals surface area contributed by atoms with Gasteiger partial charge in [-0.3, -0.25) is 14.3 Å². The minimum atomic E-state index is -0.831. The van der Waals surface area contributed by atoms with Gasteiger partial charge in [-0.05, 0) is 66.6 Å². The number of allylic oxidation sites excluding steroid dienone is 4. The summed E-state index contributed by atoms with van der Waals surface area (Å²) in [7, 11) is 1.57. The number of rotatable bonds is 10. The molecule has 4 N–H and O–H groups in total. The molecule has 10 nitrogen and oxygen atoms in total. The maximum Gasteiger partial charge on any atom is 0.258 e. The van der Waals surface area contributed by atoms with Gasteiger partial charge in [0.15, 0.2) is 17.9 Å². The zero-order valence-electron chi connectivity index (χ0n) is 23.3. The molecular weight excluding hydrogens is 568 g/mol. The molecule has 1 aliphatic heterocycles. The molecule has 0 saturated heterocycles. The Hall–Kier alpha value is -6.09. The molecule has 1 aromatic heterocycles. The lowest BCUT2D eigenvalue weighted by Crippen LogP contribution is -2.17. The number of carbonyl (C=O) groups is 2. The summed E-state index contributed by atoms with van der Waals surface area (Å²) in [6, 6.07) is 12.9. The molecule has 1 amide bonds. The van der Waals surface area contributed by atoms with Crippen LogP contribution in [0.5, 0.6) is 11.5 Å². The van der Waals surface area contributed by atoms with Crippen LogP contribution in [0.1, 0.15) is 11.1 Å². The average Bonchev–Trinajstić information content (AvgIpc) is 3.64. The molecule has 0 radical (unpaired) electrons. The van der Waals surface area contributed by atoms with Gasteiger partial charge in [0.05, 0.1) is 17.3 Å². The Morgan fingerprint density at radius 1 is 1.18 bits per heavy atom. The molecule has 0 saturated carbocycles. The van der Waals surface area contributed by atoms with E-state index in [0.717, 1.165) is 34.8 Å². The summed E-state index contributed by atoms with van der Waals surface area (Å²) in [5, 5.41) is 25.0. The Morgan fingerprint density at radius 2 is 1.95 bits per heavy atom. The van der Waals surface area contributed by atoms with Crippen LogP contribution in [0.4, 0.5) is 20.2 Å². The van der Waals surface area contributed by atoms with Gasteiger partial charge in [-0.25, -0.2) is 8.78 Å². The van der Waals surface area contributed by atoms with Gasteiger partial charge in [-0.2, -0.15) is 10.4 Å². The summed E-state index contributed by atoms with van der Waals surface area (Å²) in [5.74, 6) is -1.91. The Bertz CT molecular complexity index is 1940. The third-order valence-corrected chi connectivity index (χ3v) is 7.10. The van der Waals surface area contributed by atoms with Crippen molar-refractivity contribution >= 4 is 46.3 Å². The number of halogens is 2. The molecule has 0 bridgehead atoms. The van der Waals surface area contributed by atoms with Crippen molar-refractivity contribution in [2.24, 2.45) is 5.73 Å². The normalized spacial score (nSPS) is 13.0. The van der Waals surface area contributed by atoms with Crippen molar-refractivity contribution in [3.63, 3.8) is 0 Å². The number of anilines is 2. The largest absolute Gasteiger partial charge is 0.454 e. The van der Waals surface area contributed by atoms with Gasteiger partial charge in [0, 0.05) is 60.0 Å². The predicted octanol–water partition coefficient (Wildman–Crippen LogP) is 5.22. The first kappa shape index (κ1) is 29.4. The van der Waals surface area contributed by atoms with E-state index >= 15 is 4.39 Å². The van der Waals surface area contributed by atoms with Gasteiger partial charge in [0.1, 0.15) is 23.3 Å². The van der Waals surface area contributed by atoms with Crippen LogP contribution >= 0.6 is 0 Å². The summed E-state index contributed by atoms with van der Waals surface area (Å²) in [6.07, 6.45) is 7.46. The van der Waals surface area contributed by atoms with E-state index in [1.165, 1.54) is 53.6 Å². The van der Waals surface area contributed by atoms with Crippen LogP contribution < -0.4 is 20.7 Å². The zero-order chi connectivity index (χ0) is 31.4. The van der Waals surface area contributed by atoms with Crippen molar-refractivity contribution in [1.29, 1.82) is 10.7 Å². The molecule has 0 unspecified atom stereocenters. The number of nitrogens with two attached hydrogens (primary N) is 1. The van der Waals surface area contributed by atoms with Crippen molar-refractivity contribution in [3.05, 3.63) is 107 Å². The number of aldehydes is 1. The Morgan fingerprint density at radius 3 is 2.61 bits per heavy atom.